The van der Waals surface area contributed by atoms with Gasteiger partial charge in [0, 0.05) is 0 Å². The number of anilines is 3. The lowest BCUT2D eigenvalue weighted by Crippen LogP contribution is -2.17. The largest absolute Gasteiger partial charge is 0.391 e. The van der Waals surface area contributed by atoms with E-state index in [1.165, 1.54) is 0 Å². The van der Waals surface area contributed by atoms with Gasteiger partial charge in [0.2, 0.25) is 5.95 Å². The molecule has 6 heteroatoms. The van der Waals surface area contributed by atoms with E-state index in [4.69, 9.17) is 17.2 Å². The molecule has 0 radical (unpaired) electrons. The Bertz CT molecular complexity index is 303. The Hall–Kier alpha value is -1.72. The number of H-pyrrole nitrogens is 1. The van der Waals surface area contributed by atoms with Crippen molar-refractivity contribution in [2.45, 2.75) is 0 Å². The molecule has 0 aliphatic carbocycles. The fourth-order valence-corrected chi connectivity index (χ4v) is 0.518. The lowest BCUT2D eigenvalue weighted by Gasteiger charge is -1.96. The third-order valence-corrected chi connectivity index (χ3v) is 1.00. The van der Waals surface area contributed by atoms with Crippen molar-refractivity contribution in [1.82, 2.24) is 9.97 Å². The van der Waals surface area contributed by atoms with Crippen molar-refractivity contribution in [3.8, 4) is 0 Å². The lowest BCUT2D eigenvalue weighted by atomic mass is 10.9. The second-order valence-electron chi connectivity index (χ2n) is 1.75. The molecule has 0 saturated carbocycles. The van der Waals surface area contributed by atoms with Crippen molar-refractivity contribution in [2.24, 2.45) is 0 Å². The smallest absolute Gasteiger partial charge is 0.277 e. The third-order valence-electron chi connectivity index (χ3n) is 1.00. The zero-order valence-electron chi connectivity index (χ0n) is 5.09. The molecule has 0 aliphatic heterocycles. The number of rotatable bonds is 0. The van der Waals surface area contributed by atoms with Gasteiger partial charge in [-0.15, -0.1) is 0 Å². The van der Waals surface area contributed by atoms with Crippen molar-refractivity contribution in [3.63, 3.8) is 0 Å². The van der Waals surface area contributed by atoms with Crippen LogP contribution in [-0.4, -0.2) is 9.97 Å². The molecule has 0 fully saturated rings. The van der Waals surface area contributed by atoms with Crippen LogP contribution in [0, 0.1) is 0 Å². The van der Waals surface area contributed by atoms with Crippen molar-refractivity contribution >= 4 is 17.5 Å². The van der Waals surface area contributed by atoms with E-state index in [2.05, 4.69) is 9.97 Å². The number of nitrogen functional groups attached to an aromatic ring is 3. The van der Waals surface area contributed by atoms with E-state index in [-0.39, 0.29) is 17.5 Å². The Morgan fingerprint density at radius 3 is 2.40 bits per heavy atom. The summed E-state index contributed by atoms with van der Waals surface area (Å²) in [5.74, 6) is -0.0713. The minimum absolute atomic E-state index is 0.0308. The fourth-order valence-electron chi connectivity index (χ4n) is 0.518. The average Bonchev–Trinajstić information content (AvgIpc) is 1.82. The minimum atomic E-state index is -0.509. The number of aromatic amines is 1. The zero-order chi connectivity index (χ0) is 7.72. The molecular formula is C4H7N5O. The van der Waals surface area contributed by atoms with Crippen molar-refractivity contribution < 1.29 is 0 Å². The summed E-state index contributed by atoms with van der Waals surface area (Å²) in [6.45, 7) is 0. The molecule has 0 amide bonds. The first-order valence-electron chi connectivity index (χ1n) is 2.52. The SMILES string of the molecule is Nc1n[13c](N)[13c](N)c(=O)[nH]1. The van der Waals surface area contributed by atoms with Gasteiger partial charge in [-0.05, 0) is 0 Å². The maximum atomic E-state index is 10.7. The first-order valence-corrected chi connectivity index (χ1v) is 2.52. The summed E-state index contributed by atoms with van der Waals surface area (Å²) in [4.78, 5) is 16.4. The molecule has 0 aromatic carbocycles. The molecule has 0 saturated heterocycles. The summed E-state index contributed by atoms with van der Waals surface area (Å²) in [6, 6.07) is 0. The van der Waals surface area contributed by atoms with Gasteiger partial charge in [-0.2, -0.15) is 4.98 Å². The van der Waals surface area contributed by atoms with Gasteiger partial charge in [-0.3, -0.25) is 9.78 Å². The maximum absolute atomic E-state index is 10.7. The fraction of sp³-hybridized carbons (Fsp3) is 0. The van der Waals surface area contributed by atoms with Gasteiger partial charge in [-0.1, -0.05) is 0 Å². The van der Waals surface area contributed by atoms with Crippen LogP contribution in [-0.2, 0) is 0 Å². The normalized spacial score (nSPS) is 9.60. The quantitative estimate of drug-likeness (QED) is 0.352. The van der Waals surface area contributed by atoms with Gasteiger partial charge in [0.25, 0.3) is 5.56 Å². The predicted octanol–water partition coefficient (Wildman–Crippen LogP) is -1.48. The van der Waals surface area contributed by atoms with Crippen LogP contribution in [0.5, 0.6) is 0 Å². The average molecular weight is 143 g/mol. The van der Waals surface area contributed by atoms with E-state index in [0.717, 1.165) is 0 Å². The Kier molecular flexibility index (Phi) is 1.22. The topological polar surface area (TPSA) is 124 Å². The van der Waals surface area contributed by atoms with Crippen molar-refractivity contribution in [1.29, 1.82) is 0 Å². The Balaban J connectivity index is 3.46. The second-order valence-corrected chi connectivity index (χ2v) is 1.75. The van der Waals surface area contributed by atoms with Crippen LogP contribution in [0.25, 0.3) is 0 Å². The highest BCUT2D eigenvalue weighted by molar-refractivity contribution is 5.57. The zero-order valence-corrected chi connectivity index (χ0v) is 5.09. The van der Waals surface area contributed by atoms with Crippen LogP contribution in [0.15, 0.2) is 4.79 Å². The van der Waals surface area contributed by atoms with Crippen LogP contribution in [0.1, 0.15) is 0 Å². The van der Waals surface area contributed by atoms with E-state index < -0.39 is 5.56 Å². The summed E-state index contributed by atoms with van der Waals surface area (Å²) in [5, 5.41) is 0. The molecule has 0 atom stereocenters. The highest BCUT2D eigenvalue weighted by atomic mass is 16.1. The van der Waals surface area contributed by atoms with Gasteiger partial charge in [0.1, 0.15) is 5.69 Å². The summed E-state index contributed by atoms with van der Waals surface area (Å²) >= 11 is 0. The summed E-state index contributed by atoms with van der Waals surface area (Å²) in [5.41, 5.74) is 14.9. The third kappa shape index (κ3) is 0.859. The molecule has 10 heavy (non-hydrogen) atoms. The Labute approximate surface area is 56.1 Å². The van der Waals surface area contributed by atoms with Crippen LogP contribution >= 0.6 is 0 Å². The van der Waals surface area contributed by atoms with Crippen LogP contribution in [0.4, 0.5) is 17.5 Å². The van der Waals surface area contributed by atoms with E-state index in [1.54, 1.807) is 0 Å². The molecule has 7 N–H and O–H groups in total. The van der Waals surface area contributed by atoms with E-state index in [1.807, 2.05) is 0 Å². The molecule has 6 nitrogen and oxygen atoms in total. The number of hydrogen-bond acceptors (Lipinski definition) is 5. The highest BCUT2D eigenvalue weighted by Crippen LogP contribution is 2.02. The molecule has 1 aromatic rings. The van der Waals surface area contributed by atoms with Gasteiger partial charge in [-0.25, -0.2) is 0 Å². The molecule has 0 aliphatic rings. The number of nitrogens with zero attached hydrogens (tertiary/aromatic N) is 1. The molecule has 54 valence electrons. The van der Waals surface area contributed by atoms with Crippen LogP contribution in [0.2, 0.25) is 0 Å². The number of nitrogens with two attached hydrogens (primary N) is 3. The Morgan fingerprint density at radius 2 is 1.90 bits per heavy atom. The van der Waals surface area contributed by atoms with Crippen molar-refractivity contribution in [3.05, 3.63) is 10.4 Å². The second kappa shape index (κ2) is 1.90. The van der Waals surface area contributed by atoms with Gasteiger partial charge in [0.05, 0.1) is 0 Å². The Morgan fingerprint density at radius 1 is 1.30 bits per heavy atom. The number of aromatic nitrogens is 2. The molecule has 1 heterocycles. The van der Waals surface area contributed by atoms with Gasteiger partial charge < -0.3 is 17.2 Å². The summed E-state index contributed by atoms with van der Waals surface area (Å²) in [7, 11) is 0. The number of hydrogen-bond donors (Lipinski definition) is 4. The minimum Gasteiger partial charge on any atom is -0.391 e. The molecular weight excluding hydrogens is 136 g/mol. The summed E-state index contributed by atoms with van der Waals surface area (Å²) in [6.07, 6.45) is 0. The van der Waals surface area contributed by atoms with E-state index in [9.17, 15) is 4.79 Å². The first kappa shape index (κ1) is 6.40. The highest BCUT2D eigenvalue weighted by Gasteiger charge is 2.00. The molecule has 0 spiro atoms. The number of nitrogens with one attached hydrogen (secondary N) is 1. The lowest BCUT2D eigenvalue weighted by molar-refractivity contribution is 1.15. The van der Waals surface area contributed by atoms with Crippen LogP contribution in [0.3, 0.4) is 0 Å². The maximum Gasteiger partial charge on any atom is 0.277 e. The van der Waals surface area contributed by atoms with E-state index in [0.29, 0.717) is 0 Å². The standard InChI is InChI=1S/C4H7N5O/c5-1-2(6)8-4(7)9-3(1)10/h5H2,(H5,6,7,8,9,10)/i1+1,2+1. The molecule has 1 aromatic heterocycles. The molecule has 1 rings (SSSR count). The summed E-state index contributed by atoms with van der Waals surface area (Å²) < 4.78 is 0. The van der Waals surface area contributed by atoms with E-state index >= 15 is 0 Å². The predicted molar refractivity (Wildman–Crippen MR) is 38.1 cm³/mol. The molecule has 0 bridgehead atoms. The van der Waals surface area contributed by atoms with Gasteiger partial charge >= 0.3 is 0 Å². The monoisotopic (exact) mass is 143 g/mol. The van der Waals surface area contributed by atoms with Gasteiger partial charge in [0.15, 0.2) is 5.82 Å². The van der Waals surface area contributed by atoms with Crippen molar-refractivity contribution in [2.75, 3.05) is 17.2 Å². The van der Waals surface area contributed by atoms with Crippen LogP contribution < -0.4 is 22.8 Å². The first-order chi connectivity index (χ1) is 4.61. The molecule has 0 unspecified atom stereocenters.